The van der Waals surface area contributed by atoms with E-state index >= 15 is 0 Å². The average Bonchev–Trinajstić information content (AvgIpc) is 3.51. The van der Waals surface area contributed by atoms with Gasteiger partial charge in [0.15, 0.2) is 10.3 Å². The fourth-order valence-corrected chi connectivity index (χ4v) is 6.29. The zero-order valence-corrected chi connectivity index (χ0v) is 18.1. The summed E-state index contributed by atoms with van der Waals surface area (Å²) in [5, 5.41) is 1.86. The summed E-state index contributed by atoms with van der Waals surface area (Å²) in [5.41, 5.74) is 0. The van der Waals surface area contributed by atoms with Crippen molar-refractivity contribution in [2.75, 3.05) is 38.2 Å². The molecule has 0 radical (unpaired) electrons. The van der Waals surface area contributed by atoms with Crippen LogP contribution in [0.4, 0.5) is 9.52 Å². The van der Waals surface area contributed by atoms with Crippen molar-refractivity contribution in [1.82, 2.24) is 14.2 Å². The molecule has 2 aliphatic heterocycles. The topological polar surface area (TPSA) is 109 Å². The highest BCUT2D eigenvalue weighted by molar-refractivity contribution is 7.90. The Hall–Kier alpha value is -1.63. The van der Waals surface area contributed by atoms with Gasteiger partial charge >= 0.3 is 0 Å². The monoisotopic (exact) mass is 460 g/mol. The molecule has 0 spiro atoms. The SMILES string of the molecule is O=C(Nc1ncc(F)s1)[C@H](CC1CCOCC1)N1CCN(S(=O)(=O)C2CC2)CC1=O. The number of hydrogen-bond acceptors (Lipinski definition) is 7. The molecule has 0 aromatic carbocycles. The van der Waals surface area contributed by atoms with Crippen LogP contribution in [-0.4, -0.2) is 78.6 Å². The molecule has 1 N–H and O–H groups in total. The number of carbonyl (C=O) groups is 2. The summed E-state index contributed by atoms with van der Waals surface area (Å²) >= 11 is 0.720. The van der Waals surface area contributed by atoms with Crippen molar-refractivity contribution in [3.8, 4) is 0 Å². The third-order valence-electron chi connectivity index (χ3n) is 5.81. The van der Waals surface area contributed by atoms with Gasteiger partial charge in [-0.3, -0.25) is 9.59 Å². The number of anilines is 1. The first kappa shape index (κ1) is 21.6. The number of piperazine rings is 1. The molecule has 1 aliphatic carbocycles. The quantitative estimate of drug-likeness (QED) is 0.651. The highest BCUT2D eigenvalue weighted by Crippen LogP contribution is 2.32. The van der Waals surface area contributed by atoms with E-state index in [9.17, 15) is 22.4 Å². The number of ether oxygens (including phenoxy) is 1. The Morgan fingerprint density at radius 1 is 1.30 bits per heavy atom. The fraction of sp³-hybridized carbons (Fsp3) is 0.722. The second-order valence-electron chi connectivity index (χ2n) is 7.93. The molecule has 166 valence electrons. The molecular formula is C18H25FN4O5S2. The number of rotatable bonds is 7. The molecule has 2 amide bonds. The first-order valence-electron chi connectivity index (χ1n) is 10.1. The Kier molecular flexibility index (Phi) is 6.37. The van der Waals surface area contributed by atoms with Crippen LogP contribution in [0.5, 0.6) is 0 Å². The molecular weight excluding hydrogens is 435 g/mol. The first-order valence-corrected chi connectivity index (χ1v) is 12.4. The predicted molar refractivity (Wildman–Crippen MR) is 108 cm³/mol. The van der Waals surface area contributed by atoms with Crippen LogP contribution in [0.3, 0.4) is 0 Å². The minimum atomic E-state index is -3.45. The number of thiazole rings is 1. The van der Waals surface area contributed by atoms with Crippen molar-refractivity contribution in [2.24, 2.45) is 5.92 Å². The molecule has 1 atom stereocenters. The smallest absolute Gasteiger partial charge is 0.248 e. The zero-order valence-electron chi connectivity index (χ0n) is 16.5. The van der Waals surface area contributed by atoms with Crippen LogP contribution in [-0.2, 0) is 24.3 Å². The lowest BCUT2D eigenvalue weighted by Crippen LogP contribution is -2.58. The highest BCUT2D eigenvalue weighted by Gasteiger charge is 2.44. The van der Waals surface area contributed by atoms with E-state index in [1.165, 1.54) is 9.21 Å². The Morgan fingerprint density at radius 2 is 2.03 bits per heavy atom. The van der Waals surface area contributed by atoms with Gasteiger partial charge in [-0.2, -0.15) is 8.70 Å². The zero-order chi connectivity index (χ0) is 21.3. The van der Waals surface area contributed by atoms with Crippen molar-refractivity contribution in [2.45, 2.75) is 43.4 Å². The van der Waals surface area contributed by atoms with Gasteiger partial charge in [-0.15, -0.1) is 0 Å². The molecule has 4 rings (SSSR count). The second-order valence-corrected chi connectivity index (χ2v) is 11.1. The lowest BCUT2D eigenvalue weighted by molar-refractivity contribution is -0.142. The summed E-state index contributed by atoms with van der Waals surface area (Å²) in [6.45, 7) is 1.30. The third-order valence-corrected chi connectivity index (χ3v) is 8.86. The Labute approximate surface area is 178 Å². The molecule has 3 fully saturated rings. The van der Waals surface area contributed by atoms with Gasteiger partial charge in [0.1, 0.15) is 6.04 Å². The molecule has 30 heavy (non-hydrogen) atoms. The number of halogens is 1. The van der Waals surface area contributed by atoms with E-state index in [1.54, 1.807) is 0 Å². The number of aromatic nitrogens is 1. The maximum atomic E-state index is 13.3. The summed E-state index contributed by atoms with van der Waals surface area (Å²) < 4.78 is 44.8. The van der Waals surface area contributed by atoms with E-state index in [0.29, 0.717) is 32.5 Å². The van der Waals surface area contributed by atoms with E-state index in [4.69, 9.17) is 4.74 Å². The molecule has 3 aliphatic rings. The molecule has 0 unspecified atom stereocenters. The van der Waals surface area contributed by atoms with E-state index < -0.39 is 27.1 Å². The molecule has 9 nitrogen and oxygen atoms in total. The van der Waals surface area contributed by atoms with Gasteiger partial charge < -0.3 is 15.0 Å². The maximum absolute atomic E-state index is 13.3. The van der Waals surface area contributed by atoms with Crippen LogP contribution < -0.4 is 5.32 Å². The van der Waals surface area contributed by atoms with Crippen molar-refractivity contribution < 1.29 is 27.1 Å². The molecule has 3 heterocycles. The van der Waals surface area contributed by atoms with Gasteiger partial charge in [-0.1, -0.05) is 11.3 Å². The minimum Gasteiger partial charge on any atom is -0.381 e. The van der Waals surface area contributed by atoms with Gasteiger partial charge in [0.2, 0.25) is 21.8 Å². The number of nitrogens with zero attached hydrogens (tertiary/aromatic N) is 3. The third kappa shape index (κ3) is 4.82. The van der Waals surface area contributed by atoms with Gasteiger partial charge in [-0.05, 0) is 38.0 Å². The summed E-state index contributed by atoms with van der Waals surface area (Å²) in [6.07, 6.45) is 4.33. The lowest BCUT2D eigenvalue weighted by atomic mass is 9.91. The van der Waals surface area contributed by atoms with Crippen LogP contribution in [0.25, 0.3) is 0 Å². The summed E-state index contributed by atoms with van der Waals surface area (Å²) in [4.78, 5) is 31.2. The summed E-state index contributed by atoms with van der Waals surface area (Å²) in [7, 11) is -3.45. The lowest BCUT2D eigenvalue weighted by Gasteiger charge is -2.39. The summed E-state index contributed by atoms with van der Waals surface area (Å²) in [6, 6.07) is -0.765. The highest BCUT2D eigenvalue weighted by atomic mass is 32.2. The fourth-order valence-electron chi connectivity index (χ4n) is 3.96. The van der Waals surface area contributed by atoms with Gasteiger partial charge in [0.25, 0.3) is 0 Å². The molecule has 12 heteroatoms. The Bertz CT molecular complexity index is 898. The van der Waals surface area contributed by atoms with Crippen LogP contribution in [0.1, 0.15) is 32.1 Å². The molecule has 1 aromatic rings. The minimum absolute atomic E-state index is 0.136. The van der Waals surface area contributed by atoms with Crippen LogP contribution >= 0.6 is 11.3 Å². The normalized spacial score (nSPS) is 22.8. The van der Waals surface area contributed by atoms with Crippen LogP contribution in [0.15, 0.2) is 6.20 Å². The van der Waals surface area contributed by atoms with E-state index in [0.717, 1.165) is 30.4 Å². The van der Waals surface area contributed by atoms with Crippen LogP contribution in [0.2, 0.25) is 0 Å². The van der Waals surface area contributed by atoms with Gasteiger partial charge in [-0.25, -0.2) is 13.4 Å². The Morgan fingerprint density at radius 3 is 2.63 bits per heavy atom. The largest absolute Gasteiger partial charge is 0.381 e. The summed E-state index contributed by atoms with van der Waals surface area (Å²) in [5.74, 6) is -0.603. The standard InChI is InChI=1S/C18H25FN4O5S2/c19-15-10-20-18(29-15)21-17(25)14(9-12-3-7-28-8-4-12)23-6-5-22(11-16(23)24)30(26,27)13-1-2-13/h10,12-14H,1-9,11H2,(H,20,21,25)/t14-/m0/s1. The molecule has 1 saturated carbocycles. The predicted octanol–water partition coefficient (Wildman–Crippen LogP) is 1.04. The van der Waals surface area contributed by atoms with E-state index in [2.05, 4.69) is 10.3 Å². The van der Waals surface area contributed by atoms with Gasteiger partial charge in [0.05, 0.1) is 18.0 Å². The van der Waals surface area contributed by atoms with E-state index in [-0.39, 0.29) is 41.8 Å². The maximum Gasteiger partial charge on any atom is 0.248 e. The number of amides is 2. The van der Waals surface area contributed by atoms with Crippen LogP contribution in [0, 0.1) is 11.0 Å². The van der Waals surface area contributed by atoms with Crippen molar-refractivity contribution >= 4 is 38.3 Å². The Balaban J connectivity index is 1.48. The van der Waals surface area contributed by atoms with Crippen molar-refractivity contribution in [1.29, 1.82) is 0 Å². The number of nitrogens with one attached hydrogen (secondary N) is 1. The number of carbonyl (C=O) groups excluding carboxylic acids is 2. The van der Waals surface area contributed by atoms with Crippen molar-refractivity contribution in [3.05, 3.63) is 11.3 Å². The number of sulfonamides is 1. The second kappa shape index (κ2) is 8.85. The molecule has 1 aromatic heterocycles. The van der Waals surface area contributed by atoms with E-state index in [1.807, 2.05) is 0 Å². The number of hydrogen-bond donors (Lipinski definition) is 1. The van der Waals surface area contributed by atoms with Gasteiger partial charge in [0, 0.05) is 26.3 Å². The molecule has 2 saturated heterocycles. The average molecular weight is 461 g/mol. The first-order chi connectivity index (χ1) is 14.3. The molecule has 0 bridgehead atoms. The van der Waals surface area contributed by atoms with Crippen molar-refractivity contribution in [3.63, 3.8) is 0 Å².